The lowest BCUT2D eigenvalue weighted by Gasteiger charge is -2.35. The van der Waals surface area contributed by atoms with Gasteiger partial charge in [0.15, 0.2) is 0 Å². The van der Waals surface area contributed by atoms with E-state index in [4.69, 9.17) is 4.74 Å². The number of ether oxygens (including phenoxy) is 1. The number of hydrogen-bond donors (Lipinski definition) is 0. The second-order valence-corrected chi connectivity index (χ2v) is 5.48. The molecular weight excluding hydrogens is 202 g/mol. The van der Waals surface area contributed by atoms with Crippen molar-refractivity contribution in [2.75, 3.05) is 26.2 Å². The van der Waals surface area contributed by atoms with Gasteiger partial charge in [0, 0.05) is 32.0 Å². The molecule has 0 aromatic heterocycles. The van der Waals surface area contributed by atoms with Crippen LogP contribution in [0.25, 0.3) is 0 Å². The molecule has 0 radical (unpaired) electrons. The number of carbonyl (C=O) groups excluding carboxylic acids is 1. The standard InChI is InChI=1S/C13H23NO2/c1-10-3-4-13(15)12(7-10)9-14-5-6-16-11(2)8-14/h10-12H,3-9H2,1-2H3. The zero-order valence-electron chi connectivity index (χ0n) is 10.4. The average Bonchev–Trinajstić information content (AvgIpc) is 2.24. The predicted octanol–water partition coefficient (Wildman–Crippen LogP) is 1.71. The SMILES string of the molecule is CC1CCC(=O)C(CN2CCOC(C)C2)C1. The molecule has 0 N–H and O–H groups in total. The minimum atomic E-state index is 0.286. The molecule has 0 amide bonds. The highest BCUT2D eigenvalue weighted by Crippen LogP contribution is 2.27. The van der Waals surface area contributed by atoms with Gasteiger partial charge in [0.1, 0.15) is 5.78 Å². The lowest BCUT2D eigenvalue weighted by Crippen LogP contribution is -2.45. The van der Waals surface area contributed by atoms with Crippen LogP contribution in [0, 0.1) is 11.8 Å². The highest BCUT2D eigenvalue weighted by molar-refractivity contribution is 5.81. The van der Waals surface area contributed by atoms with Crippen molar-refractivity contribution in [3.8, 4) is 0 Å². The first-order valence-corrected chi connectivity index (χ1v) is 6.52. The van der Waals surface area contributed by atoms with Crippen molar-refractivity contribution in [2.24, 2.45) is 11.8 Å². The first kappa shape index (κ1) is 12.1. The second-order valence-electron chi connectivity index (χ2n) is 5.48. The maximum atomic E-state index is 11.8. The third-order valence-corrected chi connectivity index (χ3v) is 3.83. The van der Waals surface area contributed by atoms with Crippen LogP contribution in [0.2, 0.25) is 0 Å². The molecule has 0 aromatic carbocycles. The van der Waals surface area contributed by atoms with Gasteiger partial charge in [-0.1, -0.05) is 6.92 Å². The molecule has 0 aromatic rings. The number of ketones is 1. The van der Waals surface area contributed by atoms with Crippen LogP contribution in [0.4, 0.5) is 0 Å². The summed E-state index contributed by atoms with van der Waals surface area (Å²) in [7, 11) is 0. The zero-order chi connectivity index (χ0) is 11.5. The van der Waals surface area contributed by atoms with E-state index in [-0.39, 0.29) is 5.92 Å². The van der Waals surface area contributed by atoms with Crippen molar-refractivity contribution >= 4 is 5.78 Å². The van der Waals surface area contributed by atoms with E-state index < -0.39 is 0 Å². The summed E-state index contributed by atoms with van der Waals surface area (Å²) in [6, 6.07) is 0. The fourth-order valence-electron chi connectivity index (χ4n) is 2.87. The molecule has 0 bridgehead atoms. The van der Waals surface area contributed by atoms with Gasteiger partial charge in [0.05, 0.1) is 12.7 Å². The van der Waals surface area contributed by atoms with E-state index in [0.29, 0.717) is 11.9 Å². The molecule has 1 aliphatic carbocycles. The van der Waals surface area contributed by atoms with Gasteiger partial charge in [0.25, 0.3) is 0 Å². The van der Waals surface area contributed by atoms with Gasteiger partial charge in [-0.3, -0.25) is 9.69 Å². The van der Waals surface area contributed by atoms with Gasteiger partial charge >= 0.3 is 0 Å². The summed E-state index contributed by atoms with van der Waals surface area (Å²) in [4.78, 5) is 14.2. The van der Waals surface area contributed by atoms with E-state index in [1.54, 1.807) is 0 Å². The molecular formula is C13H23NO2. The molecule has 1 saturated carbocycles. The number of Topliss-reactive ketones (excluding diaryl/α,β-unsaturated/α-hetero) is 1. The Labute approximate surface area is 98.1 Å². The van der Waals surface area contributed by atoms with Crippen molar-refractivity contribution < 1.29 is 9.53 Å². The van der Waals surface area contributed by atoms with Crippen molar-refractivity contribution in [1.29, 1.82) is 0 Å². The zero-order valence-corrected chi connectivity index (χ0v) is 10.4. The summed E-state index contributed by atoms with van der Waals surface area (Å²) in [5.74, 6) is 1.49. The van der Waals surface area contributed by atoms with E-state index in [1.807, 2.05) is 0 Å². The van der Waals surface area contributed by atoms with Crippen molar-refractivity contribution in [1.82, 2.24) is 4.90 Å². The maximum absolute atomic E-state index is 11.8. The highest BCUT2D eigenvalue weighted by Gasteiger charge is 2.29. The van der Waals surface area contributed by atoms with Gasteiger partial charge in [0.2, 0.25) is 0 Å². The van der Waals surface area contributed by atoms with E-state index in [2.05, 4.69) is 18.7 Å². The third kappa shape index (κ3) is 3.05. The van der Waals surface area contributed by atoms with Gasteiger partial charge < -0.3 is 4.74 Å². The summed E-state index contributed by atoms with van der Waals surface area (Å²) in [5, 5.41) is 0. The Morgan fingerprint density at radius 1 is 1.44 bits per heavy atom. The minimum absolute atomic E-state index is 0.286. The number of carbonyl (C=O) groups is 1. The Morgan fingerprint density at radius 3 is 3.00 bits per heavy atom. The van der Waals surface area contributed by atoms with Crippen LogP contribution in [0.3, 0.4) is 0 Å². The van der Waals surface area contributed by atoms with Gasteiger partial charge in [-0.2, -0.15) is 0 Å². The Kier molecular flexibility index (Phi) is 3.98. The van der Waals surface area contributed by atoms with E-state index in [1.165, 1.54) is 0 Å². The summed E-state index contributed by atoms with van der Waals surface area (Å²) < 4.78 is 5.52. The van der Waals surface area contributed by atoms with Gasteiger partial charge in [-0.25, -0.2) is 0 Å². The summed E-state index contributed by atoms with van der Waals surface area (Å²) >= 11 is 0. The van der Waals surface area contributed by atoms with Gasteiger partial charge in [-0.05, 0) is 25.7 Å². The molecule has 2 rings (SSSR count). The van der Waals surface area contributed by atoms with E-state index >= 15 is 0 Å². The average molecular weight is 225 g/mol. The third-order valence-electron chi connectivity index (χ3n) is 3.83. The fraction of sp³-hybridized carbons (Fsp3) is 0.923. The lowest BCUT2D eigenvalue weighted by atomic mass is 9.81. The molecule has 3 atom stereocenters. The number of hydrogen-bond acceptors (Lipinski definition) is 3. The molecule has 2 aliphatic rings. The minimum Gasteiger partial charge on any atom is -0.376 e. The molecule has 3 heteroatoms. The van der Waals surface area contributed by atoms with Crippen LogP contribution < -0.4 is 0 Å². The molecule has 3 nitrogen and oxygen atoms in total. The van der Waals surface area contributed by atoms with Crippen molar-refractivity contribution in [2.45, 2.75) is 39.2 Å². The van der Waals surface area contributed by atoms with Crippen molar-refractivity contribution in [3.63, 3.8) is 0 Å². The number of nitrogens with zero attached hydrogens (tertiary/aromatic N) is 1. The summed E-state index contributed by atoms with van der Waals surface area (Å²) in [5.41, 5.74) is 0. The van der Waals surface area contributed by atoms with Crippen molar-refractivity contribution in [3.05, 3.63) is 0 Å². The highest BCUT2D eigenvalue weighted by atomic mass is 16.5. The molecule has 1 aliphatic heterocycles. The summed E-state index contributed by atoms with van der Waals surface area (Å²) in [6.45, 7) is 8.12. The Balaban J connectivity index is 1.85. The quantitative estimate of drug-likeness (QED) is 0.716. The Hall–Kier alpha value is -0.410. The smallest absolute Gasteiger partial charge is 0.137 e. The van der Waals surface area contributed by atoms with Crippen LogP contribution in [-0.4, -0.2) is 43.0 Å². The molecule has 2 fully saturated rings. The molecule has 3 unspecified atom stereocenters. The number of rotatable bonds is 2. The van der Waals surface area contributed by atoms with Crippen LogP contribution in [0.1, 0.15) is 33.1 Å². The normalized spacial score (nSPS) is 37.6. The van der Waals surface area contributed by atoms with Crippen LogP contribution in [0.5, 0.6) is 0 Å². The Bertz CT molecular complexity index is 254. The first-order valence-electron chi connectivity index (χ1n) is 6.52. The monoisotopic (exact) mass is 225 g/mol. The largest absolute Gasteiger partial charge is 0.376 e. The van der Waals surface area contributed by atoms with E-state index in [9.17, 15) is 4.79 Å². The number of morpholine rings is 1. The van der Waals surface area contributed by atoms with E-state index in [0.717, 1.165) is 51.4 Å². The molecule has 1 heterocycles. The van der Waals surface area contributed by atoms with Crippen LogP contribution >= 0.6 is 0 Å². The Morgan fingerprint density at radius 2 is 2.25 bits per heavy atom. The topological polar surface area (TPSA) is 29.5 Å². The lowest BCUT2D eigenvalue weighted by molar-refractivity contribution is -0.127. The van der Waals surface area contributed by atoms with Crippen LogP contribution in [-0.2, 0) is 9.53 Å². The maximum Gasteiger partial charge on any atom is 0.137 e. The van der Waals surface area contributed by atoms with Gasteiger partial charge in [-0.15, -0.1) is 0 Å². The summed E-state index contributed by atoms with van der Waals surface area (Å²) in [6.07, 6.45) is 3.30. The first-order chi connectivity index (χ1) is 7.65. The van der Waals surface area contributed by atoms with Crippen LogP contribution in [0.15, 0.2) is 0 Å². The molecule has 0 spiro atoms. The molecule has 1 saturated heterocycles. The fourth-order valence-corrected chi connectivity index (χ4v) is 2.87. The second kappa shape index (κ2) is 5.28. The molecule has 16 heavy (non-hydrogen) atoms. The predicted molar refractivity (Wildman–Crippen MR) is 63.4 cm³/mol. The molecule has 92 valence electrons.